The lowest BCUT2D eigenvalue weighted by molar-refractivity contribution is -0.143. The van der Waals surface area contributed by atoms with Crippen LogP contribution in [0.5, 0.6) is 5.75 Å². The quantitative estimate of drug-likeness (QED) is 0.343. The number of aliphatic hydroxyl groups is 1. The number of anilines is 1. The van der Waals surface area contributed by atoms with Crippen LogP contribution >= 0.6 is 0 Å². The zero-order valence-electron chi connectivity index (χ0n) is 16.7. The van der Waals surface area contributed by atoms with Gasteiger partial charge in [-0.25, -0.2) is 17.6 Å². The SMILES string of the molecule is CCOC(O)Cc1cc(CC(=O)Nc2c(F)c(F)c(C(F)(F)F)c(F)c2F)ccc1OC. The van der Waals surface area contributed by atoms with Gasteiger partial charge in [-0.15, -0.1) is 0 Å². The molecule has 1 amide bonds. The van der Waals surface area contributed by atoms with E-state index in [1.165, 1.54) is 25.3 Å². The minimum absolute atomic E-state index is 0.0228. The summed E-state index contributed by atoms with van der Waals surface area (Å²) in [6.07, 6.45) is -7.46. The van der Waals surface area contributed by atoms with Crippen molar-refractivity contribution in [3.8, 4) is 5.75 Å². The summed E-state index contributed by atoms with van der Waals surface area (Å²) in [6, 6.07) is 4.26. The monoisotopic (exact) mass is 469 g/mol. The Morgan fingerprint density at radius 3 is 2.19 bits per heavy atom. The van der Waals surface area contributed by atoms with Crippen molar-refractivity contribution in [2.45, 2.75) is 32.2 Å². The van der Waals surface area contributed by atoms with E-state index in [1.807, 2.05) is 0 Å². The molecule has 2 aromatic rings. The second-order valence-electron chi connectivity index (χ2n) is 6.49. The summed E-state index contributed by atoms with van der Waals surface area (Å²) in [5.41, 5.74) is -3.75. The molecule has 0 saturated heterocycles. The van der Waals surface area contributed by atoms with E-state index in [-0.39, 0.29) is 18.6 Å². The van der Waals surface area contributed by atoms with E-state index in [1.54, 1.807) is 12.2 Å². The average Bonchev–Trinajstić information content (AvgIpc) is 2.69. The molecule has 0 aliphatic heterocycles. The van der Waals surface area contributed by atoms with Crippen LogP contribution in [0.2, 0.25) is 0 Å². The van der Waals surface area contributed by atoms with Gasteiger partial charge in [0.2, 0.25) is 5.91 Å². The predicted octanol–water partition coefficient (Wildman–Crippen LogP) is 4.35. The fourth-order valence-corrected chi connectivity index (χ4v) is 2.90. The number of alkyl halides is 3. The lowest BCUT2D eigenvalue weighted by Crippen LogP contribution is -2.21. The van der Waals surface area contributed by atoms with E-state index in [0.717, 1.165) is 0 Å². The standard InChI is InChI=1S/C20H18F7NO4/c1-3-32-13(30)8-10-6-9(4-5-11(10)31-2)7-12(29)28-19-17(23)15(21)14(20(25,26)27)16(22)18(19)24/h4-6,13,30H,3,7-8H2,1-2H3,(H,28,29). The molecule has 32 heavy (non-hydrogen) atoms. The molecule has 0 aliphatic carbocycles. The number of ether oxygens (including phenoxy) is 2. The van der Waals surface area contributed by atoms with Gasteiger partial charge in [-0.3, -0.25) is 4.79 Å². The summed E-state index contributed by atoms with van der Waals surface area (Å²) in [7, 11) is 1.36. The topological polar surface area (TPSA) is 67.8 Å². The first-order chi connectivity index (χ1) is 14.9. The molecule has 2 rings (SSSR count). The molecule has 1 atom stereocenters. The van der Waals surface area contributed by atoms with Crippen LogP contribution in [-0.2, 0) is 28.5 Å². The third-order valence-electron chi connectivity index (χ3n) is 4.27. The number of carbonyl (C=O) groups is 1. The van der Waals surface area contributed by atoms with Crippen molar-refractivity contribution in [3.05, 3.63) is 58.2 Å². The minimum Gasteiger partial charge on any atom is -0.496 e. The van der Waals surface area contributed by atoms with Crippen LogP contribution < -0.4 is 10.1 Å². The Bertz CT molecular complexity index is 966. The summed E-state index contributed by atoms with van der Waals surface area (Å²) >= 11 is 0. The molecule has 0 fully saturated rings. The van der Waals surface area contributed by atoms with Crippen LogP contribution in [0.15, 0.2) is 18.2 Å². The molecule has 5 nitrogen and oxygen atoms in total. The molecule has 0 aromatic heterocycles. The van der Waals surface area contributed by atoms with Gasteiger partial charge in [-0.1, -0.05) is 12.1 Å². The van der Waals surface area contributed by atoms with Gasteiger partial charge in [-0.2, -0.15) is 13.2 Å². The second-order valence-corrected chi connectivity index (χ2v) is 6.49. The summed E-state index contributed by atoms with van der Waals surface area (Å²) in [6.45, 7) is 1.88. The molecule has 2 aromatic carbocycles. The largest absolute Gasteiger partial charge is 0.496 e. The number of hydrogen-bond donors (Lipinski definition) is 2. The van der Waals surface area contributed by atoms with Crippen molar-refractivity contribution in [1.82, 2.24) is 0 Å². The van der Waals surface area contributed by atoms with Gasteiger partial charge in [-0.05, 0) is 24.1 Å². The third-order valence-corrected chi connectivity index (χ3v) is 4.27. The summed E-state index contributed by atoms with van der Waals surface area (Å²) < 4.78 is 103. The lowest BCUT2D eigenvalue weighted by Gasteiger charge is -2.16. The van der Waals surface area contributed by atoms with Crippen LogP contribution in [0.1, 0.15) is 23.6 Å². The fraction of sp³-hybridized carbons (Fsp3) is 0.350. The van der Waals surface area contributed by atoms with E-state index in [0.29, 0.717) is 11.3 Å². The first kappa shape index (κ1) is 25.4. The number of methoxy groups -OCH3 is 1. The molecule has 0 radical (unpaired) electrons. The van der Waals surface area contributed by atoms with Crippen molar-refractivity contribution < 1.29 is 50.1 Å². The molecule has 176 valence electrons. The van der Waals surface area contributed by atoms with Crippen LogP contribution in [0, 0.1) is 23.3 Å². The number of hydrogen-bond acceptors (Lipinski definition) is 4. The molecular weight excluding hydrogens is 451 g/mol. The number of carbonyl (C=O) groups excluding carboxylic acids is 1. The van der Waals surface area contributed by atoms with Gasteiger partial charge in [0.15, 0.2) is 29.6 Å². The summed E-state index contributed by atoms with van der Waals surface area (Å²) in [4.78, 5) is 12.2. The number of rotatable bonds is 8. The Morgan fingerprint density at radius 1 is 1.09 bits per heavy atom. The fourth-order valence-electron chi connectivity index (χ4n) is 2.90. The van der Waals surface area contributed by atoms with Crippen molar-refractivity contribution in [3.63, 3.8) is 0 Å². The number of aliphatic hydroxyl groups excluding tert-OH is 1. The van der Waals surface area contributed by atoms with Crippen LogP contribution in [0.4, 0.5) is 36.4 Å². The number of halogens is 7. The van der Waals surface area contributed by atoms with Crippen LogP contribution in [-0.4, -0.2) is 31.0 Å². The van der Waals surface area contributed by atoms with Crippen molar-refractivity contribution in [1.29, 1.82) is 0 Å². The smallest absolute Gasteiger partial charge is 0.422 e. The molecule has 0 heterocycles. The second kappa shape index (κ2) is 10.2. The number of amides is 1. The van der Waals surface area contributed by atoms with Crippen molar-refractivity contribution >= 4 is 11.6 Å². The normalized spacial score (nSPS) is 12.6. The van der Waals surface area contributed by atoms with E-state index in [9.17, 15) is 40.6 Å². The van der Waals surface area contributed by atoms with Gasteiger partial charge in [0.25, 0.3) is 0 Å². The Labute approximate surface area is 177 Å². The first-order valence-electron chi connectivity index (χ1n) is 9.09. The molecule has 12 heteroatoms. The van der Waals surface area contributed by atoms with Crippen LogP contribution in [0.3, 0.4) is 0 Å². The Morgan fingerprint density at radius 2 is 1.69 bits per heavy atom. The Balaban J connectivity index is 2.28. The first-order valence-corrected chi connectivity index (χ1v) is 9.09. The van der Waals surface area contributed by atoms with Gasteiger partial charge in [0.05, 0.1) is 13.5 Å². The highest BCUT2D eigenvalue weighted by atomic mass is 19.4. The zero-order valence-corrected chi connectivity index (χ0v) is 16.7. The van der Waals surface area contributed by atoms with Gasteiger partial charge in [0, 0.05) is 13.0 Å². The molecule has 2 N–H and O–H groups in total. The summed E-state index contributed by atoms with van der Waals surface area (Å²) in [5, 5.41) is 11.3. The predicted molar refractivity (Wildman–Crippen MR) is 97.9 cm³/mol. The van der Waals surface area contributed by atoms with E-state index in [2.05, 4.69) is 0 Å². The van der Waals surface area contributed by atoms with Crippen molar-refractivity contribution in [2.75, 3.05) is 19.0 Å². The van der Waals surface area contributed by atoms with Gasteiger partial charge in [0.1, 0.15) is 17.0 Å². The molecule has 0 saturated carbocycles. The highest BCUT2D eigenvalue weighted by Gasteiger charge is 2.42. The van der Waals surface area contributed by atoms with E-state index in [4.69, 9.17) is 9.47 Å². The summed E-state index contributed by atoms with van der Waals surface area (Å²) in [5.74, 6) is -11.0. The molecule has 1 unspecified atom stereocenters. The maximum atomic E-state index is 14.0. The Hall–Kier alpha value is -2.86. The minimum atomic E-state index is -5.69. The van der Waals surface area contributed by atoms with Crippen LogP contribution in [0.25, 0.3) is 0 Å². The van der Waals surface area contributed by atoms with Crippen molar-refractivity contribution in [2.24, 2.45) is 0 Å². The lowest BCUT2D eigenvalue weighted by atomic mass is 10.0. The zero-order chi connectivity index (χ0) is 24.2. The third kappa shape index (κ3) is 5.68. The maximum Gasteiger partial charge on any atom is 0.422 e. The number of nitrogens with one attached hydrogen (secondary N) is 1. The molecular formula is C20H18F7NO4. The molecule has 0 bridgehead atoms. The molecule has 0 spiro atoms. The van der Waals surface area contributed by atoms with E-state index >= 15 is 0 Å². The van der Waals surface area contributed by atoms with E-state index < -0.39 is 59.3 Å². The highest BCUT2D eigenvalue weighted by molar-refractivity contribution is 5.92. The average molecular weight is 469 g/mol. The highest BCUT2D eigenvalue weighted by Crippen LogP contribution is 2.38. The van der Waals surface area contributed by atoms with Gasteiger partial charge >= 0.3 is 6.18 Å². The number of benzene rings is 2. The molecule has 0 aliphatic rings. The van der Waals surface area contributed by atoms with Gasteiger partial charge < -0.3 is 19.9 Å². The maximum absolute atomic E-state index is 14.0. The Kier molecular flexibility index (Phi) is 8.07.